The molecule has 0 spiro atoms. The van der Waals surface area contributed by atoms with E-state index >= 15 is 0 Å². The van der Waals surface area contributed by atoms with Crippen molar-refractivity contribution in [2.24, 2.45) is 0 Å². The van der Waals surface area contributed by atoms with Crippen LogP contribution >= 0.6 is 0 Å². The molecule has 1 amide bonds. The zero-order valence-electron chi connectivity index (χ0n) is 13.1. The van der Waals surface area contributed by atoms with Crippen LogP contribution in [0.3, 0.4) is 0 Å². The Kier molecular flexibility index (Phi) is 4.60. The zero-order chi connectivity index (χ0) is 17.1. The summed E-state index contributed by atoms with van der Waals surface area (Å²) in [6, 6.07) is 7.89. The van der Waals surface area contributed by atoms with E-state index in [0.29, 0.717) is 11.3 Å². The first-order chi connectivity index (χ1) is 10.8. The predicted molar refractivity (Wildman–Crippen MR) is 84.7 cm³/mol. The lowest BCUT2D eigenvalue weighted by Gasteiger charge is -2.12. The quantitative estimate of drug-likeness (QED) is 0.945. The third-order valence-electron chi connectivity index (χ3n) is 3.51. The molecule has 0 unspecified atom stereocenters. The molecule has 2 rings (SSSR count). The van der Waals surface area contributed by atoms with Gasteiger partial charge in [-0.15, -0.1) is 0 Å². The van der Waals surface area contributed by atoms with Crippen LogP contribution < -0.4 is 10.9 Å². The van der Waals surface area contributed by atoms with E-state index in [2.05, 4.69) is 5.32 Å². The highest BCUT2D eigenvalue weighted by Crippen LogP contribution is 2.15. The molecule has 0 aliphatic carbocycles. The fraction of sp³-hybridized carbons (Fsp3) is 0.235. The van der Waals surface area contributed by atoms with Gasteiger partial charge in [-0.05, 0) is 50.1 Å². The fourth-order valence-corrected chi connectivity index (χ4v) is 2.33. The molecule has 1 heterocycles. The van der Waals surface area contributed by atoms with E-state index in [4.69, 9.17) is 5.26 Å². The summed E-state index contributed by atoms with van der Waals surface area (Å²) in [5.41, 5.74) is 1.48. The molecule has 5 nitrogen and oxygen atoms in total. The topological polar surface area (TPSA) is 74.9 Å². The minimum absolute atomic E-state index is 0.00476. The first-order valence-corrected chi connectivity index (χ1v) is 7.00. The summed E-state index contributed by atoms with van der Waals surface area (Å²) in [6.45, 7) is 4.84. The number of halogens is 1. The Hall–Kier alpha value is -2.94. The molecule has 1 N–H and O–H groups in total. The molecule has 0 aliphatic heterocycles. The number of nitrogens with one attached hydrogen (secondary N) is 1. The summed E-state index contributed by atoms with van der Waals surface area (Å²) >= 11 is 0. The molecule has 0 fully saturated rings. The molecule has 23 heavy (non-hydrogen) atoms. The summed E-state index contributed by atoms with van der Waals surface area (Å²) in [5, 5.41) is 11.5. The Balaban J connectivity index is 2.30. The van der Waals surface area contributed by atoms with E-state index in [1.54, 1.807) is 32.9 Å². The third kappa shape index (κ3) is 3.46. The number of anilines is 1. The molecule has 0 bridgehead atoms. The number of benzene rings is 1. The highest BCUT2D eigenvalue weighted by atomic mass is 19.1. The van der Waals surface area contributed by atoms with Gasteiger partial charge in [-0.3, -0.25) is 9.59 Å². The largest absolute Gasteiger partial charge is 0.322 e. The van der Waals surface area contributed by atoms with Gasteiger partial charge in [0.15, 0.2) is 0 Å². The van der Waals surface area contributed by atoms with Crippen molar-refractivity contribution in [2.45, 2.75) is 27.3 Å². The van der Waals surface area contributed by atoms with Gasteiger partial charge >= 0.3 is 0 Å². The van der Waals surface area contributed by atoms with Crippen LogP contribution in [-0.2, 0) is 11.3 Å². The van der Waals surface area contributed by atoms with Crippen molar-refractivity contribution in [3.05, 3.63) is 62.8 Å². The van der Waals surface area contributed by atoms with Crippen LogP contribution in [0.4, 0.5) is 10.1 Å². The number of hydrogen-bond acceptors (Lipinski definition) is 3. The molecule has 118 valence electrons. The van der Waals surface area contributed by atoms with Gasteiger partial charge in [0.05, 0.1) is 5.69 Å². The maximum atomic E-state index is 13.7. The Bertz CT molecular complexity index is 879. The predicted octanol–water partition coefficient (Wildman–Crippen LogP) is 2.42. The van der Waals surface area contributed by atoms with Crippen LogP contribution in [0.25, 0.3) is 0 Å². The van der Waals surface area contributed by atoms with E-state index < -0.39 is 17.3 Å². The second-order valence-corrected chi connectivity index (χ2v) is 5.38. The maximum Gasteiger partial charge on any atom is 0.269 e. The molecular formula is C17H16FN3O2. The monoisotopic (exact) mass is 313 g/mol. The molecule has 0 radical (unpaired) electrons. The Labute approximate surface area is 133 Å². The Morgan fingerprint density at radius 3 is 2.65 bits per heavy atom. The van der Waals surface area contributed by atoms with Crippen LogP contribution in [0.5, 0.6) is 0 Å². The second kappa shape index (κ2) is 6.44. The molecule has 0 saturated carbocycles. The Morgan fingerprint density at radius 1 is 1.30 bits per heavy atom. The van der Waals surface area contributed by atoms with Crippen molar-refractivity contribution >= 4 is 11.6 Å². The molecule has 0 saturated heterocycles. The highest BCUT2D eigenvalue weighted by molar-refractivity contribution is 5.90. The molecule has 0 aliphatic rings. The number of carbonyl (C=O) groups excluding carboxylic acids is 1. The number of pyridine rings is 1. The van der Waals surface area contributed by atoms with Crippen molar-refractivity contribution in [1.29, 1.82) is 5.26 Å². The van der Waals surface area contributed by atoms with Gasteiger partial charge in [0.1, 0.15) is 24.0 Å². The second-order valence-electron chi connectivity index (χ2n) is 5.38. The molecular weight excluding hydrogens is 297 g/mol. The lowest BCUT2D eigenvalue weighted by molar-refractivity contribution is -0.116. The van der Waals surface area contributed by atoms with Crippen molar-refractivity contribution in [1.82, 2.24) is 4.57 Å². The standard InChI is InChI=1S/C17H16FN3O2/c1-10-4-5-14(18)15(6-10)20-16(22)9-21-12(3)7-11(2)13(8-19)17(21)23/h4-7H,9H2,1-3H3,(H,20,22). The van der Waals surface area contributed by atoms with Crippen molar-refractivity contribution in [3.63, 3.8) is 0 Å². The molecule has 1 aromatic carbocycles. The number of aromatic nitrogens is 1. The minimum Gasteiger partial charge on any atom is -0.322 e. The highest BCUT2D eigenvalue weighted by Gasteiger charge is 2.14. The normalized spacial score (nSPS) is 10.2. The number of nitrogens with zero attached hydrogens (tertiary/aromatic N) is 2. The van der Waals surface area contributed by atoms with Crippen LogP contribution in [0.15, 0.2) is 29.1 Å². The van der Waals surface area contributed by atoms with Gasteiger partial charge < -0.3 is 9.88 Å². The van der Waals surface area contributed by atoms with E-state index in [0.717, 1.165) is 5.56 Å². The van der Waals surface area contributed by atoms with E-state index in [9.17, 15) is 14.0 Å². The van der Waals surface area contributed by atoms with Gasteiger partial charge in [0, 0.05) is 5.69 Å². The minimum atomic E-state index is -0.547. The summed E-state index contributed by atoms with van der Waals surface area (Å²) < 4.78 is 14.9. The zero-order valence-corrected chi connectivity index (χ0v) is 13.1. The van der Waals surface area contributed by atoms with E-state index in [1.807, 2.05) is 6.07 Å². The lowest BCUT2D eigenvalue weighted by atomic mass is 10.1. The summed E-state index contributed by atoms with van der Waals surface area (Å²) in [6.07, 6.45) is 0. The smallest absolute Gasteiger partial charge is 0.269 e. The van der Waals surface area contributed by atoms with Crippen LogP contribution in [0.2, 0.25) is 0 Å². The van der Waals surface area contributed by atoms with Crippen LogP contribution in [0.1, 0.15) is 22.4 Å². The number of rotatable bonds is 3. The van der Waals surface area contributed by atoms with Gasteiger partial charge in [0.2, 0.25) is 5.91 Å². The SMILES string of the molecule is Cc1ccc(F)c(NC(=O)Cn2c(C)cc(C)c(C#N)c2=O)c1. The van der Waals surface area contributed by atoms with Gasteiger partial charge in [-0.25, -0.2) is 4.39 Å². The number of carbonyl (C=O) groups is 1. The average molecular weight is 313 g/mol. The number of hydrogen-bond donors (Lipinski definition) is 1. The average Bonchev–Trinajstić information content (AvgIpc) is 2.47. The number of amides is 1. The lowest BCUT2D eigenvalue weighted by Crippen LogP contribution is -2.31. The number of nitriles is 1. The van der Waals surface area contributed by atoms with Gasteiger partial charge in [-0.2, -0.15) is 5.26 Å². The number of aryl methyl sites for hydroxylation is 3. The van der Waals surface area contributed by atoms with E-state index in [-0.39, 0.29) is 17.8 Å². The van der Waals surface area contributed by atoms with E-state index in [1.165, 1.54) is 16.7 Å². The van der Waals surface area contributed by atoms with Crippen molar-refractivity contribution in [2.75, 3.05) is 5.32 Å². The van der Waals surface area contributed by atoms with Crippen LogP contribution in [-0.4, -0.2) is 10.5 Å². The summed E-state index contributed by atoms with van der Waals surface area (Å²) in [5.74, 6) is -1.08. The summed E-state index contributed by atoms with van der Waals surface area (Å²) in [7, 11) is 0. The molecule has 1 aromatic heterocycles. The third-order valence-corrected chi connectivity index (χ3v) is 3.51. The Morgan fingerprint density at radius 2 is 2.00 bits per heavy atom. The van der Waals surface area contributed by atoms with Crippen molar-refractivity contribution in [3.8, 4) is 6.07 Å². The van der Waals surface area contributed by atoms with Gasteiger partial charge in [0.25, 0.3) is 5.56 Å². The summed E-state index contributed by atoms with van der Waals surface area (Å²) in [4.78, 5) is 24.4. The molecule has 2 aromatic rings. The van der Waals surface area contributed by atoms with Crippen LogP contribution in [0, 0.1) is 37.9 Å². The first-order valence-electron chi connectivity index (χ1n) is 7.00. The first kappa shape index (κ1) is 16.4. The molecule has 0 atom stereocenters. The van der Waals surface area contributed by atoms with Crippen molar-refractivity contribution < 1.29 is 9.18 Å². The fourth-order valence-electron chi connectivity index (χ4n) is 2.33. The molecule has 6 heteroatoms. The van der Waals surface area contributed by atoms with Gasteiger partial charge in [-0.1, -0.05) is 6.07 Å². The maximum absolute atomic E-state index is 13.7.